The summed E-state index contributed by atoms with van der Waals surface area (Å²) in [5.41, 5.74) is -0.0928. The van der Waals surface area contributed by atoms with Gasteiger partial charge in [-0.3, -0.25) is 4.72 Å². The average molecular weight is 272 g/mol. The molecule has 16 heavy (non-hydrogen) atoms. The summed E-state index contributed by atoms with van der Waals surface area (Å²) in [7, 11) is -4.81. The summed E-state index contributed by atoms with van der Waals surface area (Å²) in [6.45, 7) is 1.46. The van der Waals surface area contributed by atoms with Gasteiger partial charge < -0.3 is 5.11 Å². The number of sulfonamides is 1. The maximum Gasteiger partial charge on any atom is 0.355 e. The van der Waals surface area contributed by atoms with Gasteiger partial charge in [0.15, 0.2) is 0 Å². The van der Waals surface area contributed by atoms with E-state index in [1.54, 1.807) is 4.72 Å². The SMILES string of the molecule is Cc1cc(Cl)cc(NS(=O)(=O)C(F)F)c1O. The van der Waals surface area contributed by atoms with E-state index in [4.69, 9.17) is 11.6 Å². The van der Waals surface area contributed by atoms with E-state index in [1.807, 2.05) is 0 Å². The van der Waals surface area contributed by atoms with E-state index in [9.17, 15) is 22.3 Å². The Hall–Kier alpha value is -1.08. The average Bonchev–Trinajstić information content (AvgIpc) is 2.12. The Kier molecular flexibility index (Phi) is 3.59. The first kappa shape index (κ1) is 13.0. The van der Waals surface area contributed by atoms with Gasteiger partial charge in [-0.2, -0.15) is 8.78 Å². The Morgan fingerprint density at radius 3 is 2.50 bits per heavy atom. The molecule has 0 aliphatic carbocycles. The van der Waals surface area contributed by atoms with Crippen LogP contribution in [0.3, 0.4) is 0 Å². The number of phenols is 1. The Morgan fingerprint density at radius 2 is 2.00 bits per heavy atom. The molecule has 0 saturated carbocycles. The monoisotopic (exact) mass is 271 g/mol. The molecule has 0 bridgehead atoms. The molecule has 0 unspecified atom stereocenters. The normalized spacial score (nSPS) is 11.8. The lowest BCUT2D eigenvalue weighted by Gasteiger charge is -2.10. The van der Waals surface area contributed by atoms with Crippen molar-refractivity contribution in [3.63, 3.8) is 0 Å². The predicted molar refractivity (Wildman–Crippen MR) is 56.4 cm³/mol. The van der Waals surface area contributed by atoms with Crippen molar-refractivity contribution in [2.45, 2.75) is 12.7 Å². The van der Waals surface area contributed by atoms with E-state index in [0.29, 0.717) is 0 Å². The Balaban J connectivity index is 3.17. The van der Waals surface area contributed by atoms with Crippen molar-refractivity contribution in [2.24, 2.45) is 0 Å². The topological polar surface area (TPSA) is 66.4 Å². The molecule has 0 aliphatic heterocycles. The third-order valence-electron chi connectivity index (χ3n) is 1.75. The first-order valence-electron chi connectivity index (χ1n) is 4.03. The molecule has 0 aromatic heterocycles. The highest BCUT2D eigenvalue weighted by atomic mass is 35.5. The molecule has 1 rings (SSSR count). The smallest absolute Gasteiger partial charge is 0.355 e. The number of alkyl halides is 2. The molecular weight excluding hydrogens is 264 g/mol. The highest BCUT2D eigenvalue weighted by molar-refractivity contribution is 7.93. The molecule has 0 saturated heterocycles. The third-order valence-corrected chi connectivity index (χ3v) is 2.94. The summed E-state index contributed by atoms with van der Waals surface area (Å²) in [5, 5.41) is 9.56. The van der Waals surface area contributed by atoms with Crippen molar-refractivity contribution in [3.8, 4) is 5.75 Å². The van der Waals surface area contributed by atoms with Crippen LogP contribution in [0.25, 0.3) is 0 Å². The predicted octanol–water partition coefficient (Wildman–Crippen LogP) is 2.32. The van der Waals surface area contributed by atoms with Gasteiger partial charge in [0.25, 0.3) is 10.0 Å². The number of rotatable bonds is 3. The van der Waals surface area contributed by atoms with Crippen molar-refractivity contribution in [1.82, 2.24) is 0 Å². The second-order valence-electron chi connectivity index (χ2n) is 3.03. The molecule has 90 valence electrons. The molecule has 0 atom stereocenters. The maximum absolute atomic E-state index is 12.1. The quantitative estimate of drug-likeness (QED) is 0.829. The van der Waals surface area contributed by atoms with E-state index in [1.165, 1.54) is 13.0 Å². The minimum absolute atomic E-state index is 0.127. The van der Waals surface area contributed by atoms with Crippen molar-refractivity contribution < 1.29 is 22.3 Å². The molecule has 0 amide bonds. The largest absolute Gasteiger partial charge is 0.505 e. The molecule has 2 N–H and O–H groups in total. The zero-order valence-corrected chi connectivity index (χ0v) is 9.61. The lowest BCUT2D eigenvalue weighted by molar-refractivity contribution is 0.236. The molecular formula is C8H8ClF2NO3S. The van der Waals surface area contributed by atoms with Gasteiger partial charge in [0, 0.05) is 5.02 Å². The fourth-order valence-electron chi connectivity index (χ4n) is 1.01. The summed E-state index contributed by atoms with van der Waals surface area (Å²) in [4.78, 5) is 0. The second kappa shape index (κ2) is 4.42. The van der Waals surface area contributed by atoms with Crippen LogP contribution in [0.5, 0.6) is 5.75 Å². The summed E-state index contributed by atoms with van der Waals surface area (Å²) in [5.74, 6) is -4.01. The second-order valence-corrected chi connectivity index (χ2v) is 5.11. The lowest BCUT2D eigenvalue weighted by atomic mass is 10.2. The van der Waals surface area contributed by atoms with E-state index >= 15 is 0 Å². The van der Waals surface area contributed by atoms with Crippen LogP contribution in [0.4, 0.5) is 14.5 Å². The van der Waals surface area contributed by atoms with Crippen LogP contribution >= 0.6 is 11.6 Å². The minimum Gasteiger partial charge on any atom is -0.505 e. The van der Waals surface area contributed by atoms with Crippen molar-refractivity contribution in [3.05, 3.63) is 22.7 Å². The van der Waals surface area contributed by atoms with Gasteiger partial charge in [0.2, 0.25) is 0 Å². The zero-order chi connectivity index (χ0) is 12.5. The van der Waals surface area contributed by atoms with Crippen LogP contribution in [0.15, 0.2) is 12.1 Å². The highest BCUT2D eigenvalue weighted by Gasteiger charge is 2.25. The van der Waals surface area contributed by atoms with Gasteiger partial charge in [-0.05, 0) is 24.6 Å². The van der Waals surface area contributed by atoms with E-state index in [-0.39, 0.29) is 16.3 Å². The molecule has 0 heterocycles. The van der Waals surface area contributed by atoms with Crippen LogP contribution in [-0.2, 0) is 10.0 Å². The van der Waals surface area contributed by atoms with Crippen molar-refractivity contribution in [2.75, 3.05) is 4.72 Å². The highest BCUT2D eigenvalue weighted by Crippen LogP contribution is 2.32. The number of anilines is 1. The standard InChI is InChI=1S/C8H8ClF2NO3S/c1-4-2-5(9)3-6(7(4)13)12-16(14,15)8(10)11/h2-3,8,12-13H,1H3. The Morgan fingerprint density at radius 1 is 1.44 bits per heavy atom. The minimum atomic E-state index is -4.81. The molecule has 0 radical (unpaired) electrons. The van der Waals surface area contributed by atoms with Crippen molar-refractivity contribution in [1.29, 1.82) is 0 Å². The fraction of sp³-hybridized carbons (Fsp3) is 0.250. The first-order valence-corrected chi connectivity index (χ1v) is 5.95. The number of halogens is 3. The van der Waals surface area contributed by atoms with Gasteiger partial charge in [0.1, 0.15) is 5.75 Å². The van der Waals surface area contributed by atoms with Crippen LogP contribution in [0.2, 0.25) is 5.02 Å². The van der Waals surface area contributed by atoms with Gasteiger partial charge in [0.05, 0.1) is 5.69 Å². The van der Waals surface area contributed by atoms with Crippen LogP contribution in [-0.4, -0.2) is 19.3 Å². The Labute approximate surface area is 95.9 Å². The summed E-state index contributed by atoms with van der Waals surface area (Å²) >= 11 is 5.60. The summed E-state index contributed by atoms with van der Waals surface area (Å²) in [6, 6.07) is 2.42. The third kappa shape index (κ3) is 2.73. The lowest BCUT2D eigenvalue weighted by Crippen LogP contribution is -2.20. The molecule has 4 nitrogen and oxygen atoms in total. The molecule has 8 heteroatoms. The molecule has 0 fully saturated rings. The first-order chi connectivity index (χ1) is 7.24. The number of hydrogen-bond donors (Lipinski definition) is 2. The number of hydrogen-bond acceptors (Lipinski definition) is 3. The maximum atomic E-state index is 12.1. The van der Waals surface area contributed by atoms with Crippen LogP contribution < -0.4 is 4.72 Å². The molecule has 1 aromatic rings. The summed E-state index contributed by atoms with van der Waals surface area (Å²) in [6.07, 6.45) is 0. The number of aryl methyl sites for hydroxylation is 1. The van der Waals surface area contributed by atoms with Crippen LogP contribution in [0, 0.1) is 6.92 Å². The number of nitrogens with one attached hydrogen (secondary N) is 1. The number of benzene rings is 1. The van der Waals surface area contributed by atoms with Crippen LogP contribution in [0.1, 0.15) is 5.56 Å². The number of phenolic OH excluding ortho intramolecular Hbond substituents is 1. The van der Waals surface area contributed by atoms with Gasteiger partial charge >= 0.3 is 5.76 Å². The van der Waals surface area contributed by atoms with Gasteiger partial charge in [-0.1, -0.05) is 11.6 Å². The Bertz CT molecular complexity index is 504. The fourth-order valence-corrected chi connectivity index (χ4v) is 1.84. The van der Waals surface area contributed by atoms with Gasteiger partial charge in [-0.15, -0.1) is 0 Å². The van der Waals surface area contributed by atoms with Gasteiger partial charge in [-0.25, -0.2) is 8.42 Å². The van der Waals surface area contributed by atoms with E-state index < -0.39 is 21.5 Å². The molecule has 0 spiro atoms. The molecule has 0 aliphatic rings. The number of aromatic hydroxyl groups is 1. The zero-order valence-electron chi connectivity index (χ0n) is 8.04. The van der Waals surface area contributed by atoms with E-state index in [2.05, 4.69) is 0 Å². The summed E-state index contributed by atoms with van der Waals surface area (Å²) < 4.78 is 47.4. The molecule has 1 aromatic carbocycles. The van der Waals surface area contributed by atoms with E-state index in [0.717, 1.165) is 6.07 Å². The van der Waals surface area contributed by atoms with Crippen molar-refractivity contribution >= 4 is 27.3 Å².